The molecule has 0 saturated heterocycles. The number of aliphatic hydroxyl groups excluding tert-OH is 1. The van der Waals surface area contributed by atoms with E-state index in [1.807, 2.05) is 0 Å². The van der Waals surface area contributed by atoms with Crippen LogP contribution < -0.4 is 5.32 Å². The van der Waals surface area contributed by atoms with Gasteiger partial charge >= 0.3 is 0 Å². The van der Waals surface area contributed by atoms with Crippen LogP contribution in [0.4, 0.5) is 0 Å². The Kier molecular flexibility index (Phi) is 3.93. The Morgan fingerprint density at radius 3 is 2.50 bits per heavy atom. The van der Waals surface area contributed by atoms with Gasteiger partial charge in [0.25, 0.3) is 0 Å². The summed E-state index contributed by atoms with van der Waals surface area (Å²) < 4.78 is 0. The number of nitrogens with zero attached hydrogens (tertiary/aromatic N) is 1. The molecule has 0 spiro atoms. The predicted octanol–water partition coefficient (Wildman–Crippen LogP) is 1.71. The minimum absolute atomic E-state index is 0.0586. The molecular weight excluding hydrogens is 176 g/mol. The van der Waals surface area contributed by atoms with Gasteiger partial charge in [-0.2, -0.15) is 0 Å². The summed E-state index contributed by atoms with van der Waals surface area (Å²) in [7, 11) is 0. The summed E-state index contributed by atoms with van der Waals surface area (Å²) in [5.74, 6) is 0. The van der Waals surface area contributed by atoms with Gasteiger partial charge in [0.15, 0.2) is 0 Å². The minimum Gasteiger partial charge on any atom is -0.391 e. The Hall–Kier alpha value is -0.570. The van der Waals surface area contributed by atoms with E-state index in [1.165, 1.54) is 6.42 Å². The first-order valence-corrected chi connectivity index (χ1v) is 5.46. The molecule has 2 atom stereocenters. The van der Waals surface area contributed by atoms with Crippen LogP contribution in [0.1, 0.15) is 46.5 Å². The summed E-state index contributed by atoms with van der Waals surface area (Å²) in [5.41, 5.74) is 0.0586. The van der Waals surface area contributed by atoms with Crippen molar-refractivity contribution in [1.29, 1.82) is 0 Å². The smallest absolute Gasteiger partial charge is 0.0832 e. The molecule has 1 aliphatic rings. The monoisotopic (exact) mass is 198 g/mol. The summed E-state index contributed by atoms with van der Waals surface area (Å²) in [4.78, 5) is 4.36. The highest BCUT2D eigenvalue weighted by molar-refractivity contribution is 5.55. The second-order valence-corrected chi connectivity index (χ2v) is 5.09. The SMILES string of the molecule is CC(C)(C)NC=N[C@@H]1CCCCC1O. The Labute approximate surface area is 86.6 Å². The summed E-state index contributed by atoms with van der Waals surface area (Å²) in [6.45, 7) is 6.28. The lowest BCUT2D eigenvalue weighted by atomic mass is 9.93. The van der Waals surface area contributed by atoms with Crippen LogP contribution in [0.2, 0.25) is 0 Å². The van der Waals surface area contributed by atoms with Gasteiger partial charge in [-0.1, -0.05) is 12.8 Å². The number of aliphatic hydroxyl groups is 1. The van der Waals surface area contributed by atoms with Gasteiger partial charge in [-0.3, -0.25) is 4.99 Å². The average Bonchev–Trinajstić information content (AvgIpc) is 2.06. The number of rotatable bonds is 2. The normalized spacial score (nSPS) is 29.4. The van der Waals surface area contributed by atoms with E-state index in [0.29, 0.717) is 0 Å². The molecule has 1 fully saturated rings. The molecule has 0 aromatic carbocycles. The van der Waals surface area contributed by atoms with E-state index < -0.39 is 0 Å². The lowest BCUT2D eigenvalue weighted by Gasteiger charge is -2.25. The molecular formula is C11H22N2O. The molecule has 0 aromatic heterocycles. The van der Waals surface area contributed by atoms with E-state index in [4.69, 9.17) is 0 Å². The fourth-order valence-corrected chi connectivity index (χ4v) is 1.59. The van der Waals surface area contributed by atoms with Gasteiger partial charge in [-0.05, 0) is 33.6 Å². The zero-order valence-electron chi connectivity index (χ0n) is 9.45. The molecule has 0 amide bonds. The van der Waals surface area contributed by atoms with Gasteiger partial charge in [-0.15, -0.1) is 0 Å². The highest BCUT2D eigenvalue weighted by Crippen LogP contribution is 2.20. The minimum atomic E-state index is -0.234. The molecule has 3 heteroatoms. The molecule has 0 aromatic rings. The first kappa shape index (κ1) is 11.5. The van der Waals surface area contributed by atoms with Gasteiger partial charge in [0.05, 0.1) is 18.5 Å². The van der Waals surface area contributed by atoms with Gasteiger partial charge < -0.3 is 10.4 Å². The number of nitrogens with one attached hydrogen (secondary N) is 1. The third-order valence-electron chi connectivity index (χ3n) is 2.46. The van der Waals surface area contributed by atoms with E-state index in [-0.39, 0.29) is 17.7 Å². The van der Waals surface area contributed by atoms with Gasteiger partial charge in [0.1, 0.15) is 0 Å². The van der Waals surface area contributed by atoms with E-state index in [1.54, 1.807) is 6.34 Å². The second-order valence-electron chi connectivity index (χ2n) is 5.09. The van der Waals surface area contributed by atoms with Crippen LogP contribution in [0.25, 0.3) is 0 Å². The third-order valence-corrected chi connectivity index (χ3v) is 2.46. The Bertz CT molecular complexity index is 196. The Balaban J connectivity index is 2.34. The van der Waals surface area contributed by atoms with Crippen LogP contribution in [0.15, 0.2) is 4.99 Å². The quantitative estimate of drug-likeness (QED) is 0.524. The molecule has 82 valence electrons. The largest absolute Gasteiger partial charge is 0.391 e. The number of hydrogen-bond donors (Lipinski definition) is 2. The molecule has 1 unspecified atom stereocenters. The molecule has 1 saturated carbocycles. The zero-order valence-corrected chi connectivity index (χ0v) is 9.45. The van der Waals surface area contributed by atoms with Crippen LogP contribution in [0.5, 0.6) is 0 Å². The molecule has 0 radical (unpaired) electrons. The topological polar surface area (TPSA) is 44.6 Å². The van der Waals surface area contributed by atoms with E-state index >= 15 is 0 Å². The molecule has 14 heavy (non-hydrogen) atoms. The van der Waals surface area contributed by atoms with Crippen molar-refractivity contribution in [1.82, 2.24) is 5.32 Å². The van der Waals surface area contributed by atoms with E-state index in [9.17, 15) is 5.11 Å². The van der Waals surface area contributed by atoms with Crippen LogP contribution in [0, 0.1) is 0 Å². The van der Waals surface area contributed by atoms with Crippen molar-refractivity contribution in [3.05, 3.63) is 0 Å². The van der Waals surface area contributed by atoms with Crippen molar-refractivity contribution in [2.75, 3.05) is 0 Å². The van der Waals surface area contributed by atoms with Crippen LogP contribution >= 0.6 is 0 Å². The maximum atomic E-state index is 9.66. The summed E-state index contributed by atoms with van der Waals surface area (Å²) in [6.07, 6.45) is 5.76. The van der Waals surface area contributed by atoms with Crippen molar-refractivity contribution in [3.63, 3.8) is 0 Å². The number of aliphatic imine (C=N–C) groups is 1. The molecule has 2 N–H and O–H groups in total. The average molecular weight is 198 g/mol. The second kappa shape index (κ2) is 4.78. The molecule has 1 rings (SSSR count). The molecule has 0 heterocycles. The van der Waals surface area contributed by atoms with E-state index in [2.05, 4.69) is 31.1 Å². The van der Waals surface area contributed by atoms with E-state index in [0.717, 1.165) is 19.3 Å². The van der Waals surface area contributed by atoms with Crippen molar-refractivity contribution in [3.8, 4) is 0 Å². The van der Waals surface area contributed by atoms with Gasteiger partial charge in [-0.25, -0.2) is 0 Å². The standard InChI is InChI=1S/C11H22N2O/c1-11(2,3)13-8-12-9-6-4-5-7-10(9)14/h8-10,14H,4-7H2,1-3H3,(H,12,13)/t9-,10?/m1/s1. The maximum absolute atomic E-state index is 9.66. The van der Waals surface area contributed by atoms with Crippen LogP contribution in [0.3, 0.4) is 0 Å². The first-order valence-electron chi connectivity index (χ1n) is 5.46. The van der Waals surface area contributed by atoms with Crippen molar-refractivity contribution >= 4 is 6.34 Å². The van der Waals surface area contributed by atoms with Crippen LogP contribution in [-0.2, 0) is 0 Å². The van der Waals surface area contributed by atoms with Crippen molar-refractivity contribution in [2.24, 2.45) is 4.99 Å². The lowest BCUT2D eigenvalue weighted by Crippen LogP contribution is -2.36. The predicted molar refractivity (Wildman–Crippen MR) is 59.6 cm³/mol. The first-order chi connectivity index (χ1) is 6.49. The van der Waals surface area contributed by atoms with Crippen molar-refractivity contribution in [2.45, 2.75) is 64.1 Å². The zero-order chi connectivity index (χ0) is 10.6. The lowest BCUT2D eigenvalue weighted by molar-refractivity contribution is 0.109. The Morgan fingerprint density at radius 1 is 1.29 bits per heavy atom. The summed E-state index contributed by atoms with van der Waals surface area (Å²) >= 11 is 0. The van der Waals surface area contributed by atoms with Crippen molar-refractivity contribution < 1.29 is 5.11 Å². The van der Waals surface area contributed by atoms with Crippen LogP contribution in [-0.4, -0.2) is 29.1 Å². The maximum Gasteiger partial charge on any atom is 0.0832 e. The highest BCUT2D eigenvalue weighted by atomic mass is 16.3. The third kappa shape index (κ3) is 4.09. The fraction of sp³-hybridized carbons (Fsp3) is 0.909. The highest BCUT2D eigenvalue weighted by Gasteiger charge is 2.21. The number of hydrogen-bond acceptors (Lipinski definition) is 2. The molecule has 0 bridgehead atoms. The summed E-state index contributed by atoms with van der Waals surface area (Å²) in [6, 6.07) is 0.110. The van der Waals surface area contributed by atoms with Gasteiger partial charge in [0, 0.05) is 5.54 Å². The molecule has 0 aliphatic heterocycles. The molecule has 1 aliphatic carbocycles. The summed E-state index contributed by atoms with van der Waals surface area (Å²) in [5, 5.41) is 12.8. The van der Waals surface area contributed by atoms with Gasteiger partial charge in [0.2, 0.25) is 0 Å². The fourth-order valence-electron chi connectivity index (χ4n) is 1.59. The molecule has 3 nitrogen and oxygen atoms in total. The Morgan fingerprint density at radius 2 is 1.93 bits per heavy atom.